The van der Waals surface area contributed by atoms with Crippen LogP contribution >= 0.6 is 0 Å². The predicted octanol–water partition coefficient (Wildman–Crippen LogP) is 3.49. The molecular formula is C13H15FN2O. The van der Waals surface area contributed by atoms with Crippen LogP contribution in [0.5, 0.6) is 0 Å². The van der Waals surface area contributed by atoms with E-state index >= 15 is 0 Å². The maximum absolute atomic E-state index is 13.2. The summed E-state index contributed by atoms with van der Waals surface area (Å²) in [6, 6.07) is 4.84. The lowest BCUT2D eigenvalue weighted by molar-refractivity contribution is 0.434. The molecule has 3 nitrogen and oxygen atoms in total. The van der Waals surface area contributed by atoms with Gasteiger partial charge in [0.05, 0.1) is 0 Å². The van der Waals surface area contributed by atoms with Crippen LogP contribution in [0.4, 0.5) is 10.2 Å². The lowest BCUT2D eigenvalue weighted by atomic mass is 9.98. The molecule has 0 fully saturated rings. The second-order valence-corrected chi connectivity index (χ2v) is 4.43. The Morgan fingerprint density at radius 3 is 2.65 bits per heavy atom. The Labute approximate surface area is 99.4 Å². The van der Waals surface area contributed by atoms with Crippen LogP contribution in [0.2, 0.25) is 0 Å². The summed E-state index contributed by atoms with van der Waals surface area (Å²) in [4.78, 5) is 0. The maximum atomic E-state index is 13.2. The van der Waals surface area contributed by atoms with Crippen LogP contribution in [0.1, 0.15) is 30.9 Å². The van der Waals surface area contributed by atoms with Gasteiger partial charge in [-0.2, -0.15) is 0 Å². The predicted molar refractivity (Wildman–Crippen MR) is 65.1 cm³/mol. The molecule has 2 rings (SSSR count). The summed E-state index contributed by atoms with van der Waals surface area (Å²) in [5, 5.41) is 3.78. The van der Waals surface area contributed by atoms with Gasteiger partial charge in [-0.25, -0.2) is 4.39 Å². The van der Waals surface area contributed by atoms with Gasteiger partial charge in [0, 0.05) is 11.1 Å². The average Bonchev–Trinajstić information content (AvgIpc) is 2.64. The molecule has 0 bridgehead atoms. The molecule has 2 aromatic rings. The number of halogens is 1. The SMILES string of the molecule is Cc1cc(-c2onc(N)c2C(C)C)ccc1F. The Bertz CT molecular complexity index is 546. The zero-order chi connectivity index (χ0) is 12.6. The minimum Gasteiger partial charge on any atom is -0.381 e. The Kier molecular flexibility index (Phi) is 2.88. The van der Waals surface area contributed by atoms with Gasteiger partial charge in [-0.15, -0.1) is 0 Å². The van der Waals surface area contributed by atoms with E-state index < -0.39 is 0 Å². The van der Waals surface area contributed by atoms with E-state index in [1.54, 1.807) is 19.1 Å². The van der Waals surface area contributed by atoms with Gasteiger partial charge in [0.1, 0.15) is 5.82 Å². The molecule has 1 heterocycles. The van der Waals surface area contributed by atoms with Gasteiger partial charge in [0.25, 0.3) is 0 Å². The third-order valence-electron chi connectivity index (χ3n) is 2.75. The lowest BCUT2D eigenvalue weighted by Crippen LogP contribution is -1.95. The molecule has 0 saturated carbocycles. The van der Waals surface area contributed by atoms with Crippen LogP contribution in [-0.4, -0.2) is 5.16 Å². The van der Waals surface area contributed by atoms with E-state index in [1.807, 2.05) is 13.8 Å². The average molecular weight is 234 g/mol. The maximum Gasteiger partial charge on any atom is 0.172 e. The van der Waals surface area contributed by atoms with Crippen molar-refractivity contribution in [3.63, 3.8) is 0 Å². The number of aromatic nitrogens is 1. The summed E-state index contributed by atoms with van der Waals surface area (Å²) < 4.78 is 18.4. The van der Waals surface area contributed by atoms with E-state index in [2.05, 4.69) is 5.16 Å². The van der Waals surface area contributed by atoms with Crippen LogP contribution in [-0.2, 0) is 0 Å². The fourth-order valence-electron chi connectivity index (χ4n) is 1.86. The van der Waals surface area contributed by atoms with Gasteiger partial charge in [-0.3, -0.25) is 0 Å². The number of hydrogen-bond acceptors (Lipinski definition) is 3. The number of nitrogen functional groups attached to an aromatic ring is 1. The van der Waals surface area contributed by atoms with E-state index in [4.69, 9.17) is 10.3 Å². The molecule has 17 heavy (non-hydrogen) atoms. The van der Waals surface area contributed by atoms with E-state index in [0.29, 0.717) is 17.1 Å². The normalized spacial score (nSPS) is 11.1. The summed E-state index contributed by atoms with van der Waals surface area (Å²) in [5.41, 5.74) is 8.02. The molecule has 0 spiro atoms. The molecule has 0 aliphatic carbocycles. The van der Waals surface area contributed by atoms with Crippen molar-refractivity contribution >= 4 is 5.82 Å². The van der Waals surface area contributed by atoms with Gasteiger partial charge in [0.2, 0.25) is 0 Å². The summed E-state index contributed by atoms with van der Waals surface area (Å²) >= 11 is 0. The monoisotopic (exact) mass is 234 g/mol. The first-order valence-electron chi connectivity index (χ1n) is 5.52. The molecule has 0 aliphatic heterocycles. The standard InChI is InChI=1S/C13H15FN2O/c1-7(2)11-12(17-16-13(11)15)9-4-5-10(14)8(3)6-9/h4-7H,1-3H3,(H2,15,16). The fourth-order valence-corrected chi connectivity index (χ4v) is 1.86. The highest BCUT2D eigenvalue weighted by molar-refractivity contribution is 5.67. The lowest BCUT2D eigenvalue weighted by Gasteiger charge is -2.06. The molecule has 4 heteroatoms. The molecule has 0 unspecified atom stereocenters. The molecule has 0 radical (unpaired) electrons. The van der Waals surface area contributed by atoms with Crippen LogP contribution in [0.15, 0.2) is 22.7 Å². The number of nitrogens with zero attached hydrogens (tertiary/aromatic N) is 1. The van der Waals surface area contributed by atoms with Crippen LogP contribution in [0.3, 0.4) is 0 Å². The highest BCUT2D eigenvalue weighted by Gasteiger charge is 2.18. The Balaban J connectivity index is 2.56. The van der Waals surface area contributed by atoms with Crippen molar-refractivity contribution in [2.24, 2.45) is 0 Å². The summed E-state index contributed by atoms with van der Waals surface area (Å²) in [6.45, 7) is 5.75. The second kappa shape index (κ2) is 4.20. The van der Waals surface area contributed by atoms with Crippen LogP contribution in [0, 0.1) is 12.7 Å². The third-order valence-corrected chi connectivity index (χ3v) is 2.75. The van der Waals surface area contributed by atoms with Crippen molar-refractivity contribution in [1.29, 1.82) is 0 Å². The zero-order valence-electron chi connectivity index (χ0n) is 10.1. The first-order valence-corrected chi connectivity index (χ1v) is 5.52. The van der Waals surface area contributed by atoms with E-state index in [0.717, 1.165) is 11.1 Å². The number of rotatable bonds is 2. The van der Waals surface area contributed by atoms with Gasteiger partial charge in [-0.1, -0.05) is 19.0 Å². The van der Waals surface area contributed by atoms with Crippen molar-refractivity contribution in [3.8, 4) is 11.3 Å². The van der Waals surface area contributed by atoms with Gasteiger partial charge < -0.3 is 10.3 Å². The number of anilines is 1. The van der Waals surface area contributed by atoms with E-state index in [-0.39, 0.29) is 11.7 Å². The minimum absolute atomic E-state index is 0.210. The quantitative estimate of drug-likeness (QED) is 0.865. The molecule has 0 aliphatic rings. The second-order valence-electron chi connectivity index (χ2n) is 4.43. The van der Waals surface area contributed by atoms with Crippen molar-refractivity contribution in [3.05, 3.63) is 35.1 Å². The highest BCUT2D eigenvalue weighted by atomic mass is 19.1. The molecule has 0 atom stereocenters. The largest absolute Gasteiger partial charge is 0.381 e. The summed E-state index contributed by atoms with van der Waals surface area (Å²) in [7, 11) is 0. The number of benzene rings is 1. The Hall–Kier alpha value is -1.84. The highest BCUT2D eigenvalue weighted by Crippen LogP contribution is 2.33. The first kappa shape index (κ1) is 11.6. The van der Waals surface area contributed by atoms with Crippen LogP contribution < -0.4 is 5.73 Å². The Morgan fingerprint density at radius 1 is 1.35 bits per heavy atom. The topological polar surface area (TPSA) is 52.0 Å². The molecule has 0 amide bonds. The minimum atomic E-state index is -0.229. The van der Waals surface area contributed by atoms with Crippen molar-refractivity contribution in [2.45, 2.75) is 26.7 Å². The zero-order valence-corrected chi connectivity index (χ0v) is 10.1. The van der Waals surface area contributed by atoms with Crippen LogP contribution in [0.25, 0.3) is 11.3 Å². The number of hydrogen-bond donors (Lipinski definition) is 1. The number of aryl methyl sites for hydroxylation is 1. The third kappa shape index (κ3) is 2.02. The first-order chi connectivity index (χ1) is 8.00. The van der Waals surface area contributed by atoms with Crippen molar-refractivity contribution < 1.29 is 8.91 Å². The van der Waals surface area contributed by atoms with Crippen molar-refractivity contribution in [2.75, 3.05) is 5.73 Å². The molecule has 0 saturated heterocycles. The summed E-state index contributed by atoms with van der Waals surface area (Å²) in [6.07, 6.45) is 0. The van der Waals surface area contributed by atoms with Crippen molar-refractivity contribution in [1.82, 2.24) is 5.16 Å². The molecule has 1 aromatic heterocycles. The summed E-state index contributed by atoms with van der Waals surface area (Å²) in [5.74, 6) is 1.01. The molecule has 90 valence electrons. The van der Waals surface area contributed by atoms with E-state index in [1.165, 1.54) is 6.07 Å². The smallest absolute Gasteiger partial charge is 0.172 e. The molecular weight excluding hydrogens is 219 g/mol. The van der Waals surface area contributed by atoms with Gasteiger partial charge in [-0.05, 0) is 36.6 Å². The fraction of sp³-hybridized carbons (Fsp3) is 0.308. The Morgan fingerprint density at radius 2 is 2.06 bits per heavy atom. The molecule has 2 N–H and O–H groups in total. The molecule has 1 aromatic carbocycles. The van der Waals surface area contributed by atoms with Gasteiger partial charge in [0.15, 0.2) is 11.6 Å². The van der Waals surface area contributed by atoms with Gasteiger partial charge >= 0.3 is 0 Å². The number of nitrogens with two attached hydrogens (primary N) is 1. The van der Waals surface area contributed by atoms with E-state index in [9.17, 15) is 4.39 Å².